The van der Waals surface area contributed by atoms with Gasteiger partial charge in [0, 0.05) is 18.7 Å². The Balaban J connectivity index is 2.12. The quantitative estimate of drug-likeness (QED) is 0.336. The summed E-state index contributed by atoms with van der Waals surface area (Å²) in [5.74, 6) is -0.611. The zero-order valence-corrected chi connectivity index (χ0v) is 20.1. The molecule has 2 aromatic carbocycles. The molecule has 1 heterocycles. The van der Waals surface area contributed by atoms with Gasteiger partial charge in [0.05, 0.1) is 30.9 Å². The number of Topliss-reactive ketones (excluding diaryl/α,β-unsaturated/α-hetero) is 1. The molecule has 1 aliphatic rings. The third kappa shape index (κ3) is 4.99. The summed E-state index contributed by atoms with van der Waals surface area (Å²) in [6, 6.07) is 11.1. The van der Waals surface area contributed by atoms with E-state index in [0.29, 0.717) is 40.7 Å². The Kier molecular flexibility index (Phi) is 8.00. The minimum absolute atomic E-state index is 0.0362. The molecule has 0 saturated carbocycles. The lowest BCUT2D eigenvalue weighted by Crippen LogP contribution is -2.38. The van der Waals surface area contributed by atoms with Crippen LogP contribution in [0.4, 0.5) is 0 Å². The third-order valence-electron chi connectivity index (χ3n) is 5.95. The van der Waals surface area contributed by atoms with Crippen molar-refractivity contribution in [2.75, 3.05) is 40.4 Å². The lowest BCUT2D eigenvalue weighted by molar-refractivity contribution is -0.140. The molecule has 1 N–H and O–H groups in total. The summed E-state index contributed by atoms with van der Waals surface area (Å²) in [5, 5.41) is 11.6. The number of hydrogen-bond donors (Lipinski definition) is 1. The Morgan fingerprint density at radius 1 is 1.06 bits per heavy atom. The number of hydrogen-bond acceptors (Lipinski definition) is 6. The van der Waals surface area contributed by atoms with Crippen molar-refractivity contribution in [3.8, 4) is 11.5 Å². The van der Waals surface area contributed by atoms with Crippen molar-refractivity contribution in [2.45, 2.75) is 19.9 Å². The Hall–Kier alpha value is -3.03. The molecule has 1 atom stereocenters. The van der Waals surface area contributed by atoms with Gasteiger partial charge in [-0.2, -0.15) is 0 Å². The molecule has 1 aliphatic heterocycles. The molecular weight excluding hydrogens is 444 g/mol. The van der Waals surface area contributed by atoms with Crippen LogP contribution in [0.1, 0.15) is 31.0 Å². The first-order chi connectivity index (χ1) is 15.9. The number of aliphatic hydroxyl groups excluding tert-OH is 1. The highest BCUT2D eigenvalue weighted by atomic mass is 35.5. The standard InChI is InChI=1S/C25H29ClN2O5/c1-5-27(6-2)13-14-28-22(16-7-10-18(32-3)11-8-16)21(24(30)25(28)31)23(29)17-9-12-19(26)20(15-17)33-4/h7-12,15,22,29H,5-6,13-14H2,1-4H3/b23-21-. The number of likely N-dealkylation sites (tertiary alicyclic amines) is 1. The predicted molar refractivity (Wildman–Crippen MR) is 128 cm³/mol. The van der Waals surface area contributed by atoms with Gasteiger partial charge in [-0.15, -0.1) is 0 Å². The SMILES string of the molecule is CCN(CC)CCN1C(=O)C(=O)/C(=C(\O)c2ccc(Cl)c(OC)c2)C1c1ccc(OC)cc1. The molecule has 7 nitrogen and oxygen atoms in total. The number of amides is 1. The lowest BCUT2D eigenvalue weighted by Gasteiger charge is -2.28. The molecule has 176 valence electrons. The van der Waals surface area contributed by atoms with Crippen LogP contribution in [0.3, 0.4) is 0 Å². The van der Waals surface area contributed by atoms with E-state index < -0.39 is 17.7 Å². The summed E-state index contributed by atoms with van der Waals surface area (Å²) in [6.07, 6.45) is 0. The zero-order chi connectivity index (χ0) is 24.1. The minimum Gasteiger partial charge on any atom is -0.507 e. The van der Waals surface area contributed by atoms with Crippen LogP contribution in [-0.4, -0.2) is 67.0 Å². The van der Waals surface area contributed by atoms with Gasteiger partial charge in [-0.1, -0.05) is 37.6 Å². The molecule has 3 rings (SSSR count). The van der Waals surface area contributed by atoms with E-state index >= 15 is 0 Å². The van der Waals surface area contributed by atoms with E-state index in [1.54, 1.807) is 49.6 Å². The highest BCUT2D eigenvalue weighted by Gasteiger charge is 2.46. The Morgan fingerprint density at radius 3 is 2.30 bits per heavy atom. The molecule has 1 saturated heterocycles. The number of nitrogens with zero attached hydrogens (tertiary/aromatic N) is 2. The van der Waals surface area contributed by atoms with Gasteiger partial charge in [0.15, 0.2) is 0 Å². The number of halogens is 1. The van der Waals surface area contributed by atoms with Crippen LogP contribution in [0.5, 0.6) is 11.5 Å². The summed E-state index contributed by atoms with van der Waals surface area (Å²) in [5.41, 5.74) is 1.09. The third-order valence-corrected chi connectivity index (χ3v) is 6.26. The number of benzene rings is 2. The summed E-state index contributed by atoms with van der Waals surface area (Å²) < 4.78 is 10.5. The normalized spacial score (nSPS) is 17.6. The average Bonchev–Trinajstić information content (AvgIpc) is 3.09. The van der Waals surface area contributed by atoms with Gasteiger partial charge in [0.1, 0.15) is 17.3 Å². The molecule has 1 unspecified atom stereocenters. The number of ether oxygens (including phenoxy) is 2. The van der Waals surface area contributed by atoms with Crippen molar-refractivity contribution in [3.05, 3.63) is 64.2 Å². The Bertz CT molecular complexity index is 1050. The maximum Gasteiger partial charge on any atom is 0.295 e. The van der Waals surface area contributed by atoms with Crippen molar-refractivity contribution >= 4 is 29.1 Å². The predicted octanol–water partition coefficient (Wildman–Crippen LogP) is 4.12. The van der Waals surface area contributed by atoms with Crippen LogP contribution < -0.4 is 9.47 Å². The van der Waals surface area contributed by atoms with Crippen molar-refractivity contribution < 1.29 is 24.2 Å². The first-order valence-electron chi connectivity index (χ1n) is 10.8. The molecule has 0 aliphatic carbocycles. The van der Waals surface area contributed by atoms with Gasteiger partial charge in [0.25, 0.3) is 11.7 Å². The van der Waals surface area contributed by atoms with Crippen molar-refractivity contribution in [1.29, 1.82) is 0 Å². The van der Waals surface area contributed by atoms with Crippen molar-refractivity contribution in [3.63, 3.8) is 0 Å². The molecule has 8 heteroatoms. The molecule has 1 amide bonds. The van der Waals surface area contributed by atoms with Gasteiger partial charge in [-0.05, 0) is 49.0 Å². The molecule has 33 heavy (non-hydrogen) atoms. The fourth-order valence-electron chi connectivity index (χ4n) is 3.99. The number of likely N-dealkylation sites (N-methyl/N-ethyl adjacent to an activating group) is 1. The van der Waals surface area contributed by atoms with E-state index in [-0.39, 0.29) is 11.3 Å². The molecule has 0 bridgehead atoms. The Labute approximate surface area is 199 Å². The highest BCUT2D eigenvalue weighted by molar-refractivity contribution is 6.46. The second-order valence-corrected chi connectivity index (χ2v) is 8.05. The van der Waals surface area contributed by atoms with E-state index in [9.17, 15) is 14.7 Å². The summed E-state index contributed by atoms with van der Waals surface area (Å²) in [7, 11) is 3.04. The maximum atomic E-state index is 13.1. The largest absolute Gasteiger partial charge is 0.507 e. The van der Waals surface area contributed by atoms with E-state index in [1.165, 1.54) is 12.0 Å². The Morgan fingerprint density at radius 2 is 1.73 bits per heavy atom. The van der Waals surface area contributed by atoms with E-state index in [4.69, 9.17) is 21.1 Å². The first kappa shape index (κ1) is 24.6. The number of ketones is 1. The van der Waals surface area contributed by atoms with Crippen LogP contribution >= 0.6 is 11.6 Å². The van der Waals surface area contributed by atoms with E-state index in [1.807, 2.05) is 13.8 Å². The van der Waals surface area contributed by atoms with Gasteiger partial charge in [-0.3, -0.25) is 9.59 Å². The molecule has 2 aromatic rings. The minimum atomic E-state index is -0.729. The highest BCUT2D eigenvalue weighted by Crippen LogP contribution is 2.40. The van der Waals surface area contributed by atoms with Crippen molar-refractivity contribution in [1.82, 2.24) is 9.80 Å². The van der Waals surface area contributed by atoms with Gasteiger partial charge in [-0.25, -0.2) is 0 Å². The second-order valence-electron chi connectivity index (χ2n) is 7.64. The number of aliphatic hydroxyl groups is 1. The summed E-state index contributed by atoms with van der Waals surface area (Å²) >= 11 is 6.12. The number of carbonyl (C=O) groups excluding carboxylic acids is 2. The number of carbonyl (C=O) groups is 2. The van der Waals surface area contributed by atoms with Crippen LogP contribution in [0, 0.1) is 0 Å². The van der Waals surface area contributed by atoms with Crippen LogP contribution in [0.25, 0.3) is 5.76 Å². The van der Waals surface area contributed by atoms with Gasteiger partial charge < -0.3 is 24.4 Å². The first-order valence-corrected chi connectivity index (χ1v) is 11.2. The van der Waals surface area contributed by atoms with Crippen LogP contribution in [-0.2, 0) is 9.59 Å². The van der Waals surface area contributed by atoms with Gasteiger partial charge in [0.2, 0.25) is 0 Å². The molecule has 0 aromatic heterocycles. The molecule has 0 spiro atoms. The topological polar surface area (TPSA) is 79.3 Å². The zero-order valence-electron chi connectivity index (χ0n) is 19.3. The molecule has 1 fully saturated rings. The van der Waals surface area contributed by atoms with E-state index in [0.717, 1.165) is 13.1 Å². The van der Waals surface area contributed by atoms with E-state index in [2.05, 4.69) is 4.90 Å². The number of methoxy groups -OCH3 is 2. The van der Waals surface area contributed by atoms with Crippen LogP contribution in [0.2, 0.25) is 5.02 Å². The number of rotatable bonds is 9. The lowest BCUT2D eigenvalue weighted by atomic mass is 9.95. The van der Waals surface area contributed by atoms with Gasteiger partial charge >= 0.3 is 0 Å². The summed E-state index contributed by atoms with van der Waals surface area (Å²) in [6.45, 7) is 6.72. The average molecular weight is 473 g/mol. The molecular formula is C25H29ClN2O5. The monoisotopic (exact) mass is 472 g/mol. The fourth-order valence-corrected chi connectivity index (χ4v) is 4.19. The second kappa shape index (κ2) is 10.7. The molecule has 0 radical (unpaired) electrons. The van der Waals surface area contributed by atoms with Crippen LogP contribution in [0.15, 0.2) is 48.0 Å². The van der Waals surface area contributed by atoms with Crippen molar-refractivity contribution in [2.24, 2.45) is 0 Å². The maximum absolute atomic E-state index is 13.1. The smallest absolute Gasteiger partial charge is 0.295 e. The summed E-state index contributed by atoms with van der Waals surface area (Å²) in [4.78, 5) is 29.9. The fraction of sp³-hybridized carbons (Fsp3) is 0.360.